The summed E-state index contributed by atoms with van der Waals surface area (Å²) in [7, 11) is 1.68. The molecular formula is C12H15ClN2O3. The molecule has 5 nitrogen and oxygen atoms in total. The van der Waals surface area contributed by atoms with Gasteiger partial charge < -0.3 is 10.8 Å². The highest BCUT2D eigenvalue weighted by molar-refractivity contribution is 6.31. The number of benzene rings is 1. The van der Waals surface area contributed by atoms with Gasteiger partial charge in [0, 0.05) is 17.1 Å². The first kappa shape index (κ1) is 14.5. The van der Waals surface area contributed by atoms with Crippen LogP contribution in [0.15, 0.2) is 12.1 Å². The van der Waals surface area contributed by atoms with Crippen LogP contribution in [0.1, 0.15) is 22.8 Å². The second-order valence-corrected chi connectivity index (χ2v) is 4.59. The van der Waals surface area contributed by atoms with Gasteiger partial charge in [-0.1, -0.05) is 11.6 Å². The molecule has 6 heteroatoms. The van der Waals surface area contributed by atoms with E-state index < -0.39 is 5.91 Å². The smallest absolute Gasteiger partial charge is 0.231 e. The third kappa shape index (κ3) is 3.72. The first-order chi connectivity index (χ1) is 8.31. The molecule has 1 amide bonds. The van der Waals surface area contributed by atoms with E-state index in [4.69, 9.17) is 17.3 Å². The van der Waals surface area contributed by atoms with Crippen LogP contribution in [0.2, 0.25) is 5.02 Å². The Morgan fingerprint density at radius 1 is 1.44 bits per heavy atom. The zero-order valence-corrected chi connectivity index (χ0v) is 11.0. The summed E-state index contributed by atoms with van der Waals surface area (Å²) in [5.41, 5.74) is 5.72. The van der Waals surface area contributed by atoms with Crippen LogP contribution in [-0.2, 0) is 11.3 Å². The van der Waals surface area contributed by atoms with Crippen molar-refractivity contribution < 1.29 is 14.7 Å². The molecule has 1 rings (SSSR count). The number of ketones is 1. The number of phenols is 1. The minimum absolute atomic E-state index is 0.0569. The standard InChI is InChI=1S/C12H15ClN2O3/c1-7(16)10-4-9(13)3-8(12(10)18)5-15(2)6-11(14)17/h3-4,18H,5-6H2,1-2H3,(H2,14,17). The molecule has 0 aliphatic rings. The van der Waals surface area contributed by atoms with E-state index in [1.165, 1.54) is 13.0 Å². The van der Waals surface area contributed by atoms with Crippen molar-refractivity contribution in [1.29, 1.82) is 0 Å². The molecule has 3 N–H and O–H groups in total. The molecule has 0 aliphatic heterocycles. The van der Waals surface area contributed by atoms with E-state index in [1.54, 1.807) is 18.0 Å². The highest BCUT2D eigenvalue weighted by Crippen LogP contribution is 2.28. The Kier molecular flexibility index (Phi) is 4.69. The average molecular weight is 271 g/mol. The molecule has 0 spiro atoms. The number of Topliss-reactive ketones (excluding diaryl/α,β-unsaturated/α-hetero) is 1. The summed E-state index contributed by atoms with van der Waals surface area (Å²) in [5.74, 6) is -0.845. The molecule has 0 saturated heterocycles. The van der Waals surface area contributed by atoms with Crippen molar-refractivity contribution in [2.24, 2.45) is 5.73 Å². The predicted octanol–water partition coefficient (Wildman–Crippen LogP) is 1.17. The molecule has 0 unspecified atom stereocenters. The summed E-state index contributed by atoms with van der Waals surface area (Å²) < 4.78 is 0. The monoisotopic (exact) mass is 270 g/mol. The first-order valence-corrected chi connectivity index (χ1v) is 5.68. The maximum absolute atomic E-state index is 11.3. The number of aromatic hydroxyl groups is 1. The Balaban J connectivity index is 3.02. The first-order valence-electron chi connectivity index (χ1n) is 5.30. The molecule has 18 heavy (non-hydrogen) atoms. The second kappa shape index (κ2) is 5.84. The number of primary amides is 1. The SMILES string of the molecule is CC(=O)c1cc(Cl)cc(CN(C)CC(N)=O)c1O. The zero-order valence-electron chi connectivity index (χ0n) is 10.2. The minimum atomic E-state index is -0.467. The van der Waals surface area contributed by atoms with Gasteiger partial charge in [-0.2, -0.15) is 0 Å². The highest BCUT2D eigenvalue weighted by atomic mass is 35.5. The number of amides is 1. The third-order valence-electron chi connectivity index (χ3n) is 2.40. The molecule has 0 fully saturated rings. The summed E-state index contributed by atoms with van der Waals surface area (Å²) in [6, 6.07) is 2.97. The summed E-state index contributed by atoms with van der Waals surface area (Å²) >= 11 is 5.88. The van der Waals surface area contributed by atoms with Crippen molar-refractivity contribution in [3.05, 3.63) is 28.3 Å². The quantitative estimate of drug-likeness (QED) is 0.787. The van der Waals surface area contributed by atoms with E-state index >= 15 is 0 Å². The number of likely N-dealkylation sites (N-methyl/N-ethyl adjacent to an activating group) is 1. The lowest BCUT2D eigenvalue weighted by molar-refractivity contribution is -0.118. The number of nitrogens with zero attached hydrogens (tertiary/aromatic N) is 1. The number of phenolic OH excluding ortho intramolecular Hbond substituents is 1. The minimum Gasteiger partial charge on any atom is -0.507 e. The summed E-state index contributed by atoms with van der Waals surface area (Å²) in [6.45, 7) is 1.68. The Hall–Kier alpha value is -1.59. The van der Waals surface area contributed by atoms with Gasteiger partial charge in [0.25, 0.3) is 0 Å². The van der Waals surface area contributed by atoms with Gasteiger partial charge in [-0.25, -0.2) is 0 Å². The number of carbonyl (C=O) groups is 2. The molecule has 0 saturated carbocycles. The van der Waals surface area contributed by atoms with Crippen LogP contribution < -0.4 is 5.73 Å². The number of nitrogens with two attached hydrogens (primary N) is 1. The van der Waals surface area contributed by atoms with Crippen LogP contribution in [0.4, 0.5) is 0 Å². The molecule has 0 atom stereocenters. The van der Waals surface area contributed by atoms with Gasteiger partial charge in [0.15, 0.2) is 5.78 Å². The van der Waals surface area contributed by atoms with Gasteiger partial charge in [0.2, 0.25) is 5.91 Å². The second-order valence-electron chi connectivity index (χ2n) is 4.16. The van der Waals surface area contributed by atoms with E-state index in [2.05, 4.69) is 0 Å². The van der Waals surface area contributed by atoms with Crippen molar-refractivity contribution in [2.45, 2.75) is 13.5 Å². The number of hydrogen-bond acceptors (Lipinski definition) is 4. The summed E-state index contributed by atoms with van der Waals surface area (Å²) in [6.07, 6.45) is 0. The lowest BCUT2D eigenvalue weighted by Crippen LogP contribution is -2.30. The van der Waals surface area contributed by atoms with Crippen LogP contribution in [-0.4, -0.2) is 35.3 Å². The van der Waals surface area contributed by atoms with E-state index in [1.807, 2.05) is 0 Å². The topological polar surface area (TPSA) is 83.6 Å². The Bertz CT molecular complexity index is 488. The Labute approximate surface area is 110 Å². The lowest BCUT2D eigenvalue weighted by Gasteiger charge is -2.16. The molecule has 0 aromatic heterocycles. The summed E-state index contributed by atoms with van der Waals surface area (Å²) in [4.78, 5) is 23.7. The van der Waals surface area contributed by atoms with E-state index in [0.717, 1.165) is 0 Å². The van der Waals surface area contributed by atoms with Gasteiger partial charge in [0.1, 0.15) is 5.75 Å². The van der Waals surface area contributed by atoms with Crippen LogP contribution in [0.25, 0.3) is 0 Å². The number of hydrogen-bond donors (Lipinski definition) is 2. The molecule has 1 aromatic rings. The predicted molar refractivity (Wildman–Crippen MR) is 68.6 cm³/mol. The Morgan fingerprint density at radius 3 is 2.56 bits per heavy atom. The van der Waals surface area contributed by atoms with Gasteiger partial charge >= 0.3 is 0 Å². The molecule has 0 aliphatic carbocycles. The van der Waals surface area contributed by atoms with Crippen molar-refractivity contribution in [3.8, 4) is 5.75 Å². The number of halogens is 1. The average Bonchev–Trinajstić information content (AvgIpc) is 2.21. The zero-order chi connectivity index (χ0) is 13.9. The third-order valence-corrected chi connectivity index (χ3v) is 2.62. The molecular weight excluding hydrogens is 256 g/mol. The summed E-state index contributed by atoms with van der Waals surface area (Å²) in [5, 5.41) is 10.3. The molecule has 1 aromatic carbocycles. The molecule has 98 valence electrons. The largest absolute Gasteiger partial charge is 0.507 e. The fraction of sp³-hybridized carbons (Fsp3) is 0.333. The van der Waals surface area contributed by atoms with Crippen molar-refractivity contribution >= 4 is 23.3 Å². The maximum atomic E-state index is 11.3. The molecule has 0 radical (unpaired) electrons. The van der Waals surface area contributed by atoms with Crippen LogP contribution >= 0.6 is 11.6 Å². The Morgan fingerprint density at radius 2 is 2.06 bits per heavy atom. The fourth-order valence-corrected chi connectivity index (χ4v) is 1.90. The molecule has 0 bridgehead atoms. The van der Waals surface area contributed by atoms with Gasteiger partial charge in [-0.05, 0) is 26.1 Å². The van der Waals surface area contributed by atoms with E-state index in [0.29, 0.717) is 10.6 Å². The normalized spacial score (nSPS) is 10.7. The van der Waals surface area contributed by atoms with Crippen molar-refractivity contribution in [3.63, 3.8) is 0 Å². The van der Waals surface area contributed by atoms with Gasteiger partial charge in [-0.15, -0.1) is 0 Å². The van der Waals surface area contributed by atoms with Gasteiger partial charge in [0.05, 0.1) is 12.1 Å². The van der Waals surface area contributed by atoms with Crippen molar-refractivity contribution in [1.82, 2.24) is 4.90 Å². The van der Waals surface area contributed by atoms with E-state index in [9.17, 15) is 14.7 Å². The lowest BCUT2D eigenvalue weighted by atomic mass is 10.1. The molecule has 0 heterocycles. The number of carbonyl (C=O) groups excluding carboxylic acids is 2. The van der Waals surface area contributed by atoms with Crippen molar-refractivity contribution in [2.75, 3.05) is 13.6 Å². The van der Waals surface area contributed by atoms with Crippen LogP contribution in [0.5, 0.6) is 5.75 Å². The van der Waals surface area contributed by atoms with Crippen LogP contribution in [0, 0.1) is 0 Å². The van der Waals surface area contributed by atoms with Crippen LogP contribution in [0.3, 0.4) is 0 Å². The fourth-order valence-electron chi connectivity index (χ4n) is 1.66. The van der Waals surface area contributed by atoms with Gasteiger partial charge in [-0.3, -0.25) is 14.5 Å². The maximum Gasteiger partial charge on any atom is 0.231 e. The number of rotatable bonds is 5. The van der Waals surface area contributed by atoms with E-state index in [-0.39, 0.29) is 30.2 Å². The highest BCUT2D eigenvalue weighted by Gasteiger charge is 2.14.